The first-order chi connectivity index (χ1) is 8.22. The summed E-state index contributed by atoms with van der Waals surface area (Å²) < 4.78 is 5.62. The van der Waals surface area contributed by atoms with E-state index in [1.165, 1.54) is 5.56 Å². The Balaban J connectivity index is 2.29. The molecule has 0 saturated heterocycles. The largest absolute Gasteiger partial charge is 0.492 e. The predicted molar refractivity (Wildman–Crippen MR) is 71.1 cm³/mol. The molecule has 0 aliphatic heterocycles. The summed E-state index contributed by atoms with van der Waals surface area (Å²) in [5.74, 6) is 0.925. The standard InChI is InChI=1S/C14H22N2O/c1-4-9-15-12-13-5-7-14(8-6-13)17-11-10-16(2)3/h1,5-8,15H,4,9-12H2,2-3H3. The molecule has 0 atom stereocenters. The predicted octanol–water partition coefficient (Wildman–Crippen LogP) is 1.82. The van der Waals surface area contributed by atoms with Crippen molar-refractivity contribution in [2.24, 2.45) is 0 Å². The van der Waals surface area contributed by atoms with Crippen molar-refractivity contribution in [3.63, 3.8) is 0 Å². The summed E-state index contributed by atoms with van der Waals surface area (Å²) in [5, 5.41) is 3.26. The first-order valence-electron chi connectivity index (χ1n) is 5.99. The molecule has 0 saturated carbocycles. The van der Waals surface area contributed by atoms with E-state index in [0.717, 1.165) is 32.0 Å². The first kappa shape index (κ1) is 14.0. The molecule has 1 rings (SSSR count). The number of hydrogen-bond acceptors (Lipinski definition) is 3. The Morgan fingerprint density at radius 1 is 1.24 bits per heavy atom. The van der Waals surface area contributed by atoms with Gasteiger partial charge in [-0.2, -0.15) is 0 Å². The molecule has 0 unspecified atom stereocenters. The summed E-state index contributed by atoms with van der Waals surface area (Å²) in [6.45, 7) is 8.76. The Morgan fingerprint density at radius 2 is 1.94 bits per heavy atom. The molecule has 1 aromatic rings. The van der Waals surface area contributed by atoms with Crippen molar-refractivity contribution in [1.29, 1.82) is 0 Å². The number of rotatable bonds is 8. The van der Waals surface area contributed by atoms with Gasteiger partial charge < -0.3 is 15.0 Å². The minimum absolute atomic E-state index is 0.672. The van der Waals surface area contributed by atoms with Crippen LogP contribution in [0.4, 0.5) is 0 Å². The molecule has 0 heterocycles. The van der Waals surface area contributed by atoms with Crippen LogP contribution in [0.5, 0.6) is 5.75 Å². The van der Waals surface area contributed by atoms with Crippen molar-refractivity contribution in [3.05, 3.63) is 36.8 Å². The topological polar surface area (TPSA) is 24.5 Å². The molecule has 0 aliphatic rings. The van der Waals surface area contributed by atoms with Crippen molar-refractivity contribution >= 4 is 0 Å². The van der Waals surface area contributed by atoms with Gasteiger partial charge in [0, 0.05) is 13.1 Å². The lowest BCUT2D eigenvalue weighted by Crippen LogP contribution is -2.19. The zero-order valence-corrected chi connectivity index (χ0v) is 10.8. The average molecular weight is 234 g/mol. The van der Waals surface area contributed by atoms with Gasteiger partial charge in [-0.25, -0.2) is 0 Å². The average Bonchev–Trinajstić information content (AvgIpc) is 2.31. The van der Waals surface area contributed by atoms with E-state index in [1.807, 2.05) is 26.2 Å². The van der Waals surface area contributed by atoms with E-state index >= 15 is 0 Å². The summed E-state index contributed by atoms with van der Waals surface area (Å²) in [6, 6.07) is 8.17. The summed E-state index contributed by atoms with van der Waals surface area (Å²) in [6.07, 6.45) is 0.672. The van der Waals surface area contributed by atoms with Crippen LogP contribution in [0.1, 0.15) is 12.0 Å². The molecule has 0 aromatic heterocycles. The SMILES string of the molecule is [CH]CCNCc1ccc(OCCN(C)C)cc1. The normalized spacial score (nSPS) is 10.8. The molecule has 2 radical (unpaired) electrons. The maximum atomic E-state index is 5.62. The minimum Gasteiger partial charge on any atom is -0.492 e. The molecule has 3 nitrogen and oxygen atoms in total. The molecular weight excluding hydrogens is 212 g/mol. The van der Waals surface area contributed by atoms with Crippen LogP contribution in [0, 0.1) is 6.92 Å². The molecule has 0 aliphatic carbocycles. The third-order valence-corrected chi connectivity index (χ3v) is 2.38. The van der Waals surface area contributed by atoms with Crippen molar-refractivity contribution in [2.75, 3.05) is 33.8 Å². The highest BCUT2D eigenvalue weighted by molar-refractivity contribution is 5.27. The van der Waals surface area contributed by atoms with E-state index in [1.54, 1.807) is 0 Å². The Bertz CT molecular complexity index is 296. The Labute approximate surface area is 105 Å². The van der Waals surface area contributed by atoms with Gasteiger partial charge in [0.2, 0.25) is 0 Å². The Morgan fingerprint density at radius 3 is 2.53 bits per heavy atom. The van der Waals surface area contributed by atoms with Crippen LogP contribution in [0.2, 0.25) is 0 Å². The molecule has 94 valence electrons. The zero-order chi connectivity index (χ0) is 12.5. The number of ether oxygens (including phenoxy) is 1. The van der Waals surface area contributed by atoms with Gasteiger partial charge in [0.25, 0.3) is 0 Å². The van der Waals surface area contributed by atoms with E-state index < -0.39 is 0 Å². The van der Waals surface area contributed by atoms with E-state index in [4.69, 9.17) is 11.7 Å². The number of nitrogens with one attached hydrogen (secondary N) is 1. The Kier molecular flexibility index (Phi) is 6.67. The van der Waals surface area contributed by atoms with Crippen LogP contribution < -0.4 is 10.1 Å². The molecule has 0 spiro atoms. The van der Waals surface area contributed by atoms with Crippen molar-refractivity contribution in [2.45, 2.75) is 13.0 Å². The fraction of sp³-hybridized carbons (Fsp3) is 0.500. The number of nitrogens with zero attached hydrogens (tertiary/aromatic N) is 1. The molecule has 0 amide bonds. The van der Waals surface area contributed by atoms with E-state index in [-0.39, 0.29) is 0 Å². The summed E-state index contributed by atoms with van der Waals surface area (Å²) in [5.41, 5.74) is 1.25. The van der Waals surface area contributed by atoms with Crippen molar-refractivity contribution in [3.8, 4) is 5.75 Å². The van der Waals surface area contributed by atoms with Gasteiger partial charge >= 0.3 is 0 Å². The molecule has 0 bridgehead atoms. The quantitative estimate of drug-likeness (QED) is 0.694. The smallest absolute Gasteiger partial charge is 0.119 e. The van der Waals surface area contributed by atoms with Crippen LogP contribution in [0.15, 0.2) is 24.3 Å². The van der Waals surface area contributed by atoms with Crippen LogP contribution >= 0.6 is 0 Å². The van der Waals surface area contributed by atoms with E-state index in [9.17, 15) is 0 Å². The maximum absolute atomic E-state index is 5.62. The molecule has 0 fully saturated rings. The van der Waals surface area contributed by atoms with E-state index in [0.29, 0.717) is 6.42 Å². The highest BCUT2D eigenvalue weighted by Gasteiger charge is 1.96. The lowest BCUT2D eigenvalue weighted by Gasteiger charge is -2.11. The van der Waals surface area contributed by atoms with Crippen LogP contribution in [0.25, 0.3) is 0 Å². The van der Waals surface area contributed by atoms with Crippen molar-refractivity contribution < 1.29 is 4.74 Å². The summed E-state index contributed by atoms with van der Waals surface area (Å²) in [7, 11) is 4.07. The number of benzene rings is 1. The van der Waals surface area contributed by atoms with Crippen molar-refractivity contribution in [1.82, 2.24) is 10.2 Å². The third-order valence-electron chi connectivity index (χ3n) is 2.38. The van der Waals surface area contributed by atoms with Gasteiger partial charge in [-0.15, -0.1) is 0 Å². The summed E-state index contributed by atoms with van der Waals surface area (Å²) in [4.78, 5) is 2.10. The summed E-state index contributed by atoms with van der Waals surface area (Å²) >= 11 is 0. The minimum atomic E-state index is 0.672. The lowest BCUT2D eigenvalue weighted by atomic mass is 10.2. The fourth-order valence-corrected chi connectivity index (χ4v) is 1.38. The van der Waals surface area contributed by atoms with Crippen LogP contribution in [-0.2, 0) is 6.54 Å². The molecule has 17 heavy (non-hydrogen) atoms. The molecule has 1 aromatic carbocycles. The number of hydrogen-bond donors (Lipinski definition) is 1. The van der Waals surface area contributed by atoms with Gasteiger partial charge in [0.05, 0.1) is 0 Å². The molecular formula is C14H22N2O. The van der Waals surface area contributed by atoms with Crippen LogP contribution in [-0.4, -0.2) is 38.7 Å². The Hall–Kier alpha value is -1.06. The number of likely N-dealkylation sites (N-methyl/N-ethyl adjacent to an activating group) is 1. The van der Waals surface area contributed by atoms with Gasteiger partial charge in [-0.05, 0) is 51.7 Å². The highest BCUT2D eigenvalue weighted by atomic mass is 16.5. The van der Waals surface area contributed by atoms with Crippen LogP contribution in [0.3, 0.4) is 0 Å². The van der Waals surface area contributed by atoms with Gasteiger partial charge in [0.1, 0.15) is 12.4 Å². The third kappa shape index (κ3) is 6.29. The second-order valence-electron chi connectivity index (χ2n) is 4.26. The monoisotopic (exact) mass is 234 g/mol. The maximum Gasteiger partial charge on any atom is 0.119 e. The second kappa shape index (κ2) is 8.09. The zero-order valence-electron chi connectivity index (χ0n) is 10.8. The first-order valence-corrected chi connectivity index (χ1v) is 5.99. The highest BCUT2D eigenvalue weighted by Crippen LogP contribution is 2.11. The molecule has 1 N–H and O–H groups in total. The molecule has 3 heteroatoms. The fourth-order valence-electron chi connectivity index (χ4n) is 1.38. The lowest BCUT2D eigenvalue weighted by molar-refractivity contribution is 0.261. The van der Waals surface area contributed by atoms with Gasteiger partial charge in [0.15, 0.2) is 0 Å². The van der Waals surface area contributed by atoms with E-state index in [2.05, 4.69) is 22.3 Å². The van der Waals surface area contributed by atoms with Gasteiger partial charge in [-0.1, -0.05) is 12.1 Å². The second-order valence-corrected chi connectivity index (χ2v) is 4.26. The van der Waals surface area contributed by atoms with Gasteiger partial charge in [-0.3, -0.25) is 0 Å².